The Hall–Kier alpha value is -0.710. The lowest BCUT2D eigenvalue weighted by Gasteiger charge is -2.20. The van der Waals surface area contributed by atoms with E-state index >= 15 is 0 Å². The van der Waals surface area contributed by atoms with Gasteiger partial charge in [0.1, 0.15) is 4.90 Å². The fraction of sp³-hybridized carbons (Fsp3) is 0.429. The maximum Gasteiger partial charge on any atom is 0.244 e. The minimum absolute atomic E-state index is 0.148. The van der Waals surface area contributed by atoms with Gasteiger partial charge in [-0.05, 0) is 30.4 Å². The van der Waals surface area contributed by atoms with Crippen LogP contribution in [0.4, 0.5) is 0 Å². The fourth-order valence-electron chi connectivity index (χ4n) is 2.04. The Bertz CT molecular complexity index is 657. The minimum atomic E-state index is -3.54. The van der Waals surface area contributed by atoms with Crippen LogP contribution in [0.15, 0.2) is 23.1 Å². The molecular formula is C14H17ClN2O2S2. The molecule has 7 heteroatoms. The Morgan fingerprint density at radius 3 is 2.86 bits per heavy atom. The molecule has 0 unspecified atom stereocenters. The highest BCUT2D eigenvalue weighted by molar-refractivity contribution is 7.99. The summed E-state index contributed by atoms with van der Waals surface area (Å²) in [5, 5.41) is 0.204. The standard InChI is InChI=1S/C14H17ClN2O2S2/c15-13-11-12(3-1-6-16)4-5-14(13)21(18,19)17-7-2-9-20-10-8-17/h4-5,11H,2,6-10,16H2. The molecular weight excluding hydrogens is 328 g/mol. The zero-order valence-corrected chi connectivity index (χ0v) is 13.9. The van der Waals surface area contributed by atoms with Gasteiger partial charge in [0.15, 0.2) is 0 Å². The van der Waals surface area contributed by atoms with E-state index in [1.54, 1.807) is 23.9 Å². The van der Waals surface area contributed by atoms with E-state index < -0.39 is 10.0 Å². The van der Waals surface area contributed by atoms with Crippen LogP contribution in [-0.4, -0.2) is 43.9 Å². The number of nitrogens with two attached hydrogens (primary N) is 1. The molecule has 0 bridgehead atoms. The second-order valence-corrected chi connectivity index (χ2v) is 8.06. The number of hydrogen-bond acceptors (Lipinski definition) is 4. The first-order valence-corrected chi connectivity index (χ1v) is 9.59. The first-order chi connectivity index (χ1) is 10.1. The van der Waals surface area contributed by atoms with Gasteiger partial charge in [0.25, 0.3) is 0 Å². The summed E-state index contributed by atoms with van der Waals surface area (Å²) in [6.07, 6.45) is 0.863. The summed E-state index contributed by atoms with van der Waals surface area (Å²) in [6.45, 7) is 1.32. The molecule has 0 amide bonds. The Labute approximate surface area is 135 Å². The third-order valence-electron chi connectivity index (χ3n) is 3.07. The molecule has 114 valence electrons. The highest BCUT2D eigenvalue weighted by atomic mass is 35.5. The summed E-state index contributed by atoms with van der Waals surface area (Å²) in [5.74, 6) is 7.37. The predicted molar refractivity (Wildman–Crippen MR) is 88.1 cm³/mol. The molecule has 0 atom stereocenters. The lowest BCUT2D eigenvalue weighted by Crippen LogP contribution is -2.33. The van der Waals surface area contributed by atoms with Gasteiger partial charge in [0.2, 0.25) is 10.0 Å². The molecule has 2 N–H and O–H groups in total. The van der Waals surface area contributed by atoms with Crippen molar-refractivity contribution in [3.05, 3.63) is 28.8 Å². The van der Waals surface area contributed by atoms with Crippen LogP contribution in [0.3, 0.4) is 0 Å². The van der Waals surface area contributed by atoms with Crippen LogP contribution in [0, 0.1) is 11.8 Å². The number of hydrogen-bond donors (Lipinski definition) is 1. The molecule has 4 nitrogen and oxygen atoms in total. The maximum atomic E-state index is 12.7. The van der Waals surface area contributed by atoms with Crippen molar-refractivity contribution in [2.24, 2.45) is 5.73 Å². The van der Waals surface area contributed by atoms with Crippen molar-refractivity contribution in [2.75, 3.05) is 31.1 Å². The third kappa shape index (κ3) is 4.15. The lowest BCUT2D eigenvalue weighted by atomic mass is 10.2. The van der Waals surface area contributed by atoms with E-state index in [-0.39, 0.29) is 16.5 Å². The summed E-state index contributed by atoms with van der Waals surface area (Å²) in [6, 6.07) is 4.76. The van der Waals surface area contributed by atoms with Crippen LogP contribution in [0.2, 0.25) is 5.02 Å². The topological polar surface area (TPSA) is 63.4 Å². The quantitative estimate of drug-likeness (QED) is 0.831. The van der Waals surface area contributed by atoms with E-state index in [2.05, 4.69) is 11.8 Å². The number of nitrogens with zero attached hydrogens (tertiary/aromatic N) is 1. The van der Waals surface area contributed by atoms with Crippen molar-refractivity contribution in [1.29, 1.82) is 0 Å². The van der Waals surface area contributed by atoms with E-state index in [1.807, 2.05) is 0 Å². The third-order valence-corrected chi connectivity index (χ3v) is 6.50. The monoisotopic (exact) mass is 344 g/mol. The van der Waals surface area contributed by atoms with Crippen molar-refractivity contribution < 1.29 is 8.42 Å². The molecule has 0 aromatic heterocycles. The summed E-state index contributed by atoms with van der Waals surface area (Å²) in [5.41, 5.74) is 5.98. The minimum Gasteiger partial charge on any atom is -0.320 e. The highest BCUT2D eigenvalue weighted by Gasteiger charge is 2.27. The molecule has 1 aliphatic heterocycles. The van der Waals surface area contributed by atoms with Gasteiger partial charge in [-0.3, -0.25) is 0 Å². The fourth-order valence-corrected chi connectivity index (χ4v) is 5.04. The van der Waals surface area contributed by atoms with E-state index in [4.69, 9.17) is 17.3 Å². The maximum absolute atomic E-state index is 12.7. The van der Waals surface area contributed by atoms with Gasteiger partial charge in [-0.15, -0.1) is 0 Å². The second kappa shape index (κ2) is 7.52. The summed E-state index contributed by atoms with van der Waals surface area (Å²) in [4.78, 5) is 0.148. The van der Waals surface area contributed by atoms with Crippen LogP contribution in [-0.2, 0) is 10.0 Å². The zero-order valence-electron chi connectivity index (χ0n) is 11.5. The van der Waals surface area contributed by atoms with Crippen molar-refractivity contribution in [2.45, 2.75) is 11.3 Å². The van der Waals surface area contributed by atoms with Gasteiger partial charge in [-0.25, -0.2) is 8.42 Å². The average Bonchev–Trinajstić information content (AvgIpc) is 2.74. The van der Waals surface area contributed by atoms with Gasteiger partial charge in [0.05, 0.1) is 11.6 Å². The largest absolute Gasteiger partial charge is 0.320 e. The SMILES string of the molecule is NCC#Cc1ccc(S(=O)(=O)N2CCCSCC2)c(Cl)c1. The summed E-state index contributed by atoms with van der Waals surface area (Å²) >= 11 is 7.92. The molecule has 1 saturated heterocycles. The Kier molecular flexibility index (Phi) is 5.97. The smallest absolute Gasteiger partial charge is 0.244 e. The Balaban J connectivity index is 2.31. The molecule has 1 aromatic carbocycles. The molecule has 0 saturated carbocycles. The number of thioether (sulfide) groups is 1. The van der Waals surface area contributed by atoms with Crippen LogP contribution in [0.25, 0.3) is 0 Å². The first-order valence-electron chi connectivity index (χ1n) is 6.62. The average molecular weight is 345 g/mol. The lowest BCUT2D eigenvalue weighted by molar-refractivity contribution is 0.435. The summed E-state index contributed by atoms with van der Waals surface area (Å²) < 4.78 is 26.8. The van der Waals surface area contributed by atoms with Crippen molar-refractivity contribution in [3.63, 3.8) is 0 Å². The highest BCUT2D eigenvalue weighted by Crippen LogP contribution is 2.27. The Morgan fingerprint density at radius 2 is 2.14 bits per heavy atom. The number of benzene rings is 1. The molecule has 21 heavy (non-hydrogen) atoms. The molecule has 1 heterocycles. The molecule has 1 aliphatic rings. The number of halogens is 1. The van der Waals surface area contributed by atoms with Gasteiger partial charge >= 0.3 is 0 Å². The van der Waals surface area contributed by atoms with Crippen LogP contribution >= 0.6 is 23.4 Å². The van der Waals surface area contributed by atoms with Crippen LogP contribution in [0.5, 0.6) is 0 Å². The number of sulfonamides is 1. The van der Waals surface area contributed by atoms with E-state index in [0.29, 0.717) is 18.7 Å². The van der Waals surface area contributed by atoms with Crippen molar-refractivity contribution in [1.82, 2.24) is 4.31 Å². The molecule has 0 aliphatic carbocycles. The predicted octanol–water partition coefficient (Wildman–Crippen LogP) is 1.78. The molecule has 0 radical (unpaired) electrons. The zero-order chi connectivity index (χ0) is 15.3. The Morgan fingerprint density at radius 1 is 1.33 bits per heavy atom. The van der Waals surface area contributed by atoms with Crippen LogP contribution in [0.1, 0.15) is 12.0 Å². The van der Waals surface area contributed by atoms with Gasteiger partial charge in [0, 0.05) is 24.4 Å². The van der Waals surface area contributed by atoms with E-state index in [1.165, 1.54) is 10.4 Å². The van der Waals surface area contributed by atoms with E-state index in [0.717, 1.165) is 17.9 Å². The number of rotatable bonds is 2. The van der Waals surface area contributed by atoms with Crippen molar-refractivity contribution >= 4 is 33.4 Å². The van der Waals surface area contributed by atoms with Crippen molar-refractivity contribution in [3.8, 4) is 11.8 Å². The molecule has 2 rings (SSSR count). The molecule has 1 aromatic rings. The first kappa shape index (κ1) is 16.7. The van der Waals surface area contributed by atoms with E-state index in [9.17, 15) is 8.42 Å². The molecule has 1 fully saturated rings. The van der Waals surface area contributed by atoms with Gasteiger partial charge < -0.3 is 5.73 Å². The molecule has 0 spiro atoms. The van der Waals surface area contributed by atoms with Crippen LogP contribution < -0.4 is 5.73 Å². The van der Waals surface area contributed by atoms with Gasteiger partial charge in [-0.2, -0.15) is 16.1 Å². The summed E-state index contributed by atoms with van der Waals surface area (Å²) in [7, 11) is -3.54. The normalized spacial score (nSPS) is 16.9. The van der Waals surface area contributed by atoms with Gasteiger partial charge in [-0.1, -0.05) is 23.4 Å². The second-order valence-electron chi connectivity index (χ2n) is 4.52.